The second kappa shape index (κ2) is 48.5. The van der Waals surface area contributed by atoms with E-state index in [1.807, 2.05) is 0 Å². The second-order valence-electron chi connectivity index (χ2n) is 0.283. The maximum atomic E-state index is 8.56. The van der Waals surface area contributed by atoms with Crippen LogP contribution in [0.3, 0.4) is 0 Å². The molecule has 67 valence electrons. The van der Waals surface area contributed by atoms with Gasteiger partial charge in [-0.3, -0.25) is 0 Å². The fourth-order valence-electron chi connectivity index (χ4n) is 0. The zero-order chi connectivity index (χ0) is 3.58. The average Bonchev–Trinajstić information content (AvgIpc) is 0.811. The van der Waals surface area contributed by atoms with Gasteiger partial charge in [-0.25, -0.2) is 4.79 Å². The van der Waals surface area contributed by atoms with Crippen LogP contribution >= 0.6 is 0 Å². The van der Waals surface area contributed by atoms with Crippen molar-refractivity contribution in [1.29, 1.82) is 0 Å². The second-order valence-corrected chi connectivity index (χ2v) is 0.283. The summed E-state index contributed by atoms with van der Waals surface area (Å²) < 4.78 is 0. The van der Waals surface area contributed by atoms with E-state index in [4.69, 9.17) is 15.0 Å². The third-order valence-electron chi connectivity index (χ3n) is 0. The van der Waals surface area contributed by atoms with E-state index >= 15 is 0 Å². The van der Waals surface area contributed by atoms with Gasteiger partial charge in [0, 0.05) is 17.1 Å². The molecule has 0 aromatic heterocycles. The van der Waals surface area contributed by atoms with Crippen LogP contribution in [-0.4, -0.2) is 16.4 Å². The van der Waals surface area contributed by atoms with E-state index in [0.29, 0.717) is 0 Å². The molecule has 8 heteroatoms. The van der Waals surface area contributed by atoms with Gasteiger partial charge in [0.2, 0.25) is 0 Å². The summed E-state index contributed by atoms with van der Waals surface area (Å²) in [5.41, 5.74) is 0. The van der Waals surface area contributed by atoms with Crippen molar-refractivity contribution in [2.45, 2.75) is 0 Å². The van der Waals surface area contributed by atoms with E-state index in [1.165, 1.54) is 0 Å². The molecule has 10 N–H and O–H groups in total. The summed E-state index contributed by atoms with van der Waals surface area (Å²) in [5, 5.41) is 13.9. The molecule has 0 saturated heterocycles. The number of hydrogen-bond acceptors (Lipinski definition) is 1. The molecule has 0 aliphatic rings. The Morgan fingerprint density at radius 2 is 0.889 bits per heavy atom. The third-order valence-corrected chi connectivity index (χ3v) is 0. The number of hydrogen-bond donors (Lipinski definition) is 2. The monoisotopic (exact) mass is 189 g/mol. The minimum absolute atomic E-state index is 0. The largest absolute Gasteiger partial charge is 0.693 e. The number of carboxylic acid groups (broad SMARTS) is 2. The van der Waals surface area contributed by atoms with Crippen molar-refractivity contribution in [3.63, 3.8) is 0 Å². The molecule has 0 atom stereocenters. The summed E-state index contributed by atoms with van der Waals surface area (Å²) in [6.45, 7) is 0. The molecule has 1 radical (unpaired) electrons. The van der Waals surface area contributed by atoms with Crippen molar-refractivity contribution in [3.05, 3.63) is 24.6 Å². The van der Waals surface area contributed by atoms with E-state index < -0.39 is 6.16 Å². The molecule has 0 aliphatic carbocycles. The Morgan fingerprint density at radius 1 is 0.889 bits per heavy atom. The van der Waals surface area contributed by atoms with Crippen LogP contribution < -0.4 is 0 Å². The van der Waals surface area contributed by atoms with Gasteiger partial charge in [-0.05, 0) is 0 Å². The summed E-state index contributed by atoms with van der Waals surface area (Å²) in [5.74, 6) is 0. The predicted molar refractivity (Wildman–Crippen MR) is 31.8 cm³/mol. The van der Waals surface area contributed by atoms with E-state index in [-0.39, 0.29) is 41.7 Å². The predicted octanol–water partition coefficient (Wildman–Crippen LogP) is 3.09. The third kappa shape index (κ3) is 1760. The van der Waals surface area contributed by atoms with Gasteiger partial charge >= 0.3 is 6.16 Å². The fourth-order valence-corrected chi connectivity index (χ4v) is 0. The van der Waals surface area contributed by atoms with Crippen molar-refractivity contribution < 1.29 is 32.1 Å². The first-order chi connectivity index (χ1) is 1.73. The molecule has 0 spiro atoms. The van der Waals surface area contributed by atoms with Crippen LogP contribution in [0.1, 0.15) is 0 Å². The molecule has 0 unspecified atom stereocenters. The zero-order valence-electron chi connectivity index (χ0n) is 4.41. The molecule has 0 amide bonds. The topological polar surface area (TPSA) is 192 Å². The maximum Gasteiger partial charge on any atom is 0.503 e. The van der Waals surface area contributed by atoms with Crippen LogP contribution in [0.5, 0.6) is 0 Å². The van der Waals surface area contributed by atoms with Gasteiger partial charge in [0.05, 0.1) is 0 Å². The van der Waals surface area contributed by atoms with Gasteiger partial charge < -0.3 is 34.8 Å². The van der Waals surface area contributed by atoms with Gasteiger partial charge in [-0.2, -0.15) is 0 Å². The SMILES string of the molecule is O=C(O)O.[Cu].[NH2-].[NH2-].[NH2-].[NH2-]. The van der Waals surface area contributed by atoms with Crippen LogP contribution in [-0.2, 0) is 17.1 Å². The fraction of sp³-hybridized carbons (Fsp3) is 0. The van der Waals surface area contributed by atoms with Crippen LogP contribution in [0, 0.1) is 0 Å². The van der Waals surface area contributed by atoms with E-state index in [1.54, 1.807) is 0 Å². The van der Waals surface area contributed by atoms with E-state index in [2.05, 4.69) is 0 Å². The van der Waals surface area contributed by atoms with Gasteiger partial charge in [-0.1, -0.05) is 0 Å². The molecule has 0 fully saturated rings. The summed E-state index contributed by atoms with van der Waals surface area (Å²) in [4.78, 5) is 8.56. The van der Waals surface area contributed by atoms with Gasteiger partial charge in [0.15, 0.2) is 0 Å². The molecule has 0 aliphatic heterocycles. The van der Waals surface area contributed by atoms with Crippen molar-refractivity contribution in [1.82, 2.24) is 0 Å². The molecule has 0 rings (SSSR count). The molecule has 0 bridgehead atoms. The Kier molecular flexibility index (Phi) is 391. The van der Waals surface area contributed by atoms with Crippen LogP contribution in [0.4, 0.5) is 4.79 Å². The molecular formula is CH10CuN4O3-4. The Balaban J connectivity index is -0.00000000450. The quantitative estimate of drug-likeness (QED) is 0.554. The summed E-state index contributed by atoms with van der Waals surface area (Å²) in [7, 11) is 0. The Hall–Kier alpha value is -0.371. The van der Waals surface area contributed by atoms with Crippen molar-refractivity contribution in [2.75, 3.05) is 0 Å². The molecule has 0 aromatic rings. The molecule has 0 heterocycles. The number of rotatable bonds is 0. The average molecular weight is 190 g/mol. The van der Waals surface area contributed by atoms with Gasteiger partial charge in [-0.15, -0.1) is 0 Å². The molecular weight excluding hydrogens is 180 g/mol. The standard InChI is InChI=1S/CH2O3.Cu.4H2N/c2-1(3)4;;;;;/h(H2,2,3,4);;4*1H2/q;;4*-1. The van der Waals surface area contributed by atoms with Crippen LogP contribution in [0.2, 0.25) is 0 Å². The molecule has 0 saturated carbocycles. The van der Waals surface area contributed by atoms with Gasteiger partial charge in [0.25, 0.3) is 0 Å². The van der Waals surface area contributed by atoms with Crippen LogP contribution in [0.15, 0.2) is 0 Å². The minimum atomic E-state index is -1.83. The summed E-state index contributed by atoms with van der Waals surface area (Å²) in [6.07, 6.45) is -1.83. The molecule has 0 aromatic carbocycles. The first-order valence-corrected chi connectivity index (χ1v) is 0.651. The van der Waals surface area contributed by atoms with E-state index in [9.17, 15) is 0 Å². The first kappa shape index (κ1) is 72.6. The normalized spacial score (nSPS) is 2.67. The number of carbonyl (C=O) groups is 1. The summed E-state index contributed by atoms with van der Waals surface area (Å²) in [6, 6.07) is 0. The van der Waals surface area contributed by atoms with Crippen molar-refractivity contribution in [3.8, 4) is 0 Å². The van der Waals surface area contributed by atoms with Gasteiger partial charge in [0.1, 0.15) is 0 Å². The number of nitrogens with two attached hydrogens (primary N) is 4. The smallest absolute Gasteiger partial charge is 0.503 e. The molecule has 7 nitrogen and oxygen atoms in total. The Labute approximate surface area is 63.6 Å². The minimum Gasteiger partial charge on any atom is -0.693 e. The maximum absolute atomic E-state index is 8.56. The van der Waals surface area contributed by atoms with Crippen molar-refractivity contribution >= 4 is 6.16 Å². The van der Waals surface area contributed by atoms with Crippen molar-refractivity contribution in [2.24, 2.45) is 0 Å². The first-order valence-electron chi connectivity index (χ1n) is 0.651. The van der Waals surface area contributed by atoms with E-state index in [0.717, 1.165) is 0 Å². The Morgan fingerprint density at radius 3 is 0.889 bits per heavy atom. The summed E-state index contributed by atoms with van der Waals surface area (Å²) >= 11 is 0. The zero-order valence-corrected chi connectivity index (χ0v) is 5.36. The Bertz CT molecular complexity index is 38.8. The molecule has 9 heavy (non-hydrogen) atoms. The van der Waals surface area contributed by atoms with Crippen LogP contribution in [0.25, 0.3) is 24.6 Å².